The smallest absolute Gasteiger partial charge is 0.278 e. The van der Waals surface area contributed by atoms with E-state index >= 15 is 0 Å². The van der Waals surface area contributed by atoms with Crippen molar-refractivity contribution in [2.45, 2.75) is 38.5 Å². The van der Waals surface area contributed by atoms with Crippen molar-refractivity contribution >= 4 is 49.1 Å². The van der Waals surface area contributed by atoms with Gasteiger partial charge in [-0.15, -0.1) is 0 Å². The van der Waals surface area contributed by atoms with Gasteiger partial charge in [-0.3, -0.25) is 4.79 Å². The zero-order valence-electron chi connectivity index (χ0n) is 18.8. The van der Waals surface area contributed by atoms with Crippen LogP contribution in [0.4, 0.5) is 5.69 Å². The summed E-state index contributed by atoms with van der Waals surface area (Å²) >= 11 is 9.40. The fraction of sp³-hybridized carbons (Fsp3) is 0.240. The lowest BCUT2D eigenvalue weighted by Crippen LogP contribution is -2.40. The first kappa shape index (κ1) is 25.3. The molecule has 0 aromatic heterocycles. The van der Waals surface area contributed by atoms with Crippen LogP contribution in [0.2, 0.25) is 5.02 Å². The molecule has 3 rings (SSSR count). The van der Waals surface area contributed by atoms with Crippen molar-refractivity contribution in [3.63, 3.8) is 0 Å². The summed E-state index contributed by atoms with van der Waals surface area (Å²) in [4.78, 5) is 13.3. The van der Waals surface area contributed by atoms with Gasteiger partial charge in [0.1, 0.15) is 5.75 Å². The van der Waals surface area contributed by atoms with Gasteiger partial charge in [-0.05, 0) is 94.9 Å². The van der Waals surface area contributed by atoms with Crippen LogP contribution in [0.25, 0.3) is 0 Å². The molecule has 1 amide bonds. The minimum absolute atomic E-state index is 0.0383. The van der Waals surface area contributed by atoms with Gasteiger partial charge < -0.3 is 4.74 Å². The van der Waals surface area contributed by atoms with Crippen molar-refractivity contribution in [1.29, 1.82) is 0 Å². The first-order valence-electron chi connectivity index (χ1n) is 10.3. The van der Waals surface area contributed by atoms with Gasteiger partial charge in [0.05, 0.1) is 15.1 Å². The Bertz CT molecular complexity index is 1270. The Kier molecular flexibility index (Phi) is 7.88. The Morgan fingerprint density at radius 1 is 1.03 bits per heavy atom. The number of rotatable bonds is 7. The number of nitrogens with zero attached hydrogens (tertiary/aromatic N) is 1. The normalized spacial score (nSPS) is 11.5. The molecule has 0 aliphatic carbocycles. The first-order chi connectivity index (χ1) is 15.5. The number of ether oxygens (including phenoxy) is 1. The van der Waals surface area contributed by atoms with Crippen molar-refractivity contribution in [2.75, 3.05) is 10.9 Å². The second-order valence-corrected chi connectivity index (χ2v) is 11.1. The average Bonchev–Trinajstić information content (AvgIpc) is 2.75. The van der Waals surface area contributed by atoms with E-state index in [-0.39, 0.29) is 10.6 Å². The highest BCUT2D eigenvalue weighted by Crippen LogP contribution is 2.31. The van der Waals surface area contributed by atoms with Crippen molar-refractivity contribution in [1.82, 2.24) is 0 Å². The van der Waals surface area contributed by atoms with E-state index in [0.29, 0.717) is 26.7 Å². The number of amides is 1. The molecule has 3 aromatic carbocycles. The predicted octanol–water partition coefficient (Wildman–Crippen LogP) is 6.64. The minimum atomic E-state index is -4.21. The monoisotopic (exact) mass is 549 g/mol. The number of sulfonamides is 1. The highest BCUT2D eigenvalue weighted by molar-refractivity contribution is 9.10. The molecular formula is C25H25BrClNO4S. The SMILES string of the molecule is Cc1ccc(C)c(N(C(=O)COc2ccc(C(C)C)cc2Br)S(=O)(=O)c2ccc(Cl)cc2)c1. The Morgan fingerprint density at radius 3 is 2.30 bits per heavy atom. The van der Waals surface area contributed by atoms with E-state index in [2.05, 4.69) is 29.8 Å². The molecule has 0 aliphatic rings. The molecule has 0 heterocycles. The average molecular weight is 551 g/mol. The number of carbonyl (C=O) groups is 1. The van der Waals surface area contributed by atoms with Crippen LogP contribution in [-0.2, 0) is 14.8 Å². The molecule has 0 radical (unpaired) electrons. The van der Waals surface area contributed by atoms with Crippen LogP contribution in [0, 0.1) is 13.8 Å². The van der Waals surface area contributed by atoms with Gasteiger partial charge in [-0.2, -0.15) is 4.31 Å². The van der Waals surface area contributed by atoms with E-state index in [0.717, 1.165) is 15.4 Å². The summed E-state index contributed by atoms with van der Waals surface area (Å²) < 4.78 is 34.3. The van der Waals surface area contributed by atoms with Crippen LogP contribution in [0.1, 0.15) is 36.5 Å². The number of carbonyl (C=O) groups excluding carboxylic acids is 1. The van der Waals surface area contributed by atoms with Crippen molar-refractivity contribution < 1.29 is 17.9 Å². The summed E-state index contributed by atoms with van der Waals surface area (Å²) in [6, 6.07) is 16.6. The molecule has 33 heavy (non-hydrogen) atoms. The van der Waals surface area contributed by atoms with Crippen LogP contribution in [0.5, 0.6) is 5.75 Å². The van der Waals surface area contributed by atoms with Gasteiger partial charge in [-0.1, -0.05) is 43.6 Å². The van der Waals surface area contributed by atoms with Gasteiger partial charge in [0.2, 0.25) is 0 Å². The lowest BCUT2D eigenvalue weighted by Gasteiger charge is -2.25. The molecule has 0 saturated carbocycles. The minimum Gasteiger partial charge on any atom is -0.483 e. The molecule has 0 saturated heterocycles. The molecule has 0 spiro atoms. The molecule has 8 heteroatoms. The van der Waals surface area contributed by atoms with Gasteiger partial charge in [0.15, 0.2) is 6.61 Å². The van der Waals surface area contributed by atoms with Crippen LogP contribution in [-0.4, -0.2) is 20.9 Å². The third-order valence-corrected chi connectivity index (χ3v) is 7.76. The molecule has 0 fully saturated rings. The van der Waals surface area contributed by atoms with Crippen LogP contribution in [0.3, 0.4) is 0 Å². The summed E-state index contributed by atoms with van der Waals surface area (Å²) in [6.45, 7) is 7.30. The summed E-state index contributed by atoms with van der Waals surface area (Å²) in [7, 11) is -4.21. The van der Waals surface area contributed by atoms with Gasteiger partial charge in [0.25, 0.3) is 15.9 Å². The summed E-state index contributed by atoms with van der Waals surface area (Å²) in [5.74, 6) is 0.0809. The van der Waals surface area contributed by atoms with Crippen LogP contribution in [0.15, 0.2) is 70.0 Å². The highest BCUT2D eigenvalue weighted by atomic mass is 79.9. The van der Waals surface area contributed by atoms with Gasteiger partial charge in [-0.25, -0.2) is 8.42 Å². The van der Waals surface area contributed by atoms with Crippen LogP contribution >= 0.6 is 27.5 Å². The lowest BCUT2D eigenvalue weighted by molar-refractivity contribution is -0.119. The van der Waals surface area contributed by atoms with Crippen molar-refractivity contribution in [2.24, 2.45) is 0 Å². The molecule has 174 valence electrons. The summed E-state index contributed by atoms with van der Waals surface area (Å²) in [6.07, 6.45) is 0. The van der Waals surface area contributed by atoms with E-state index in [4.69, 9.17) is 16.3 Å². The number of anilines is 1. The maximum absolute atomic E-state index is 13.5. The van der Waals surface area contributed by atoms with Gasteiger partial charge >= 0.3 is 0 Å². The molecule has 5 nitrogen and oxygen atoms in total. The molecule has 0 aliphatic heterocycles. The third-order valence-electron chi connectivity index (χ3n) is 5.14. The van der Waals surface area contributed by atoms with E-state index in [1.54, 1.807) is 25.1 Å². The summed E-state index contributed by atoms with van der Waals surface area (Å²) in [5, 5.41) is 0.400. The Balaban J connectivity index is 1.98. The van der Waals surface area contributed by atoms with E-state index in [9.17, 15) is 13.2 Å². The number of benzene rings is 3. The highest BCUT2D eigenvalue weighted by Gasteiger charge is 2.32. The Morgan fingerprint density at radius 2 is 1.70 bits per heavy atom. The topological polar surface area (TPSA) is 63.7 Å². The standard InChI is InChI=1S/C25H25BrClNO4S/c1-16(2)19-7-12-24(22(26)14-19)32-15-25(29)28(23-13-17(3)5-6-18(23)4)33(30,31)21-10-8-20(27)9-11-21/h5-14,16H,15H2,1-4H3. The first-order valence-corrected chi connectivity index (χ1v) is 12.9. The Labute approximate surface area is 208 Å². The fourth-order valence-electron chi connectivity index (χ4n) is 3.24. The number of hydrogen-bond donors (Lipinski definition) is 0. The second kappa shape index (κ2) is 10.3. The third kappa shape index (κ3) is 5.78. The molecule has 3 aromatic rings. The predicted molar refractivity (Wildman–Crippen MR) is 136 cm³/mol. The van der Waals surface area contributed by atoms with Gasteiger partial charge in [0, 0.05) is 5.02 Å². The van der Waals surface area contributed by atoms with Crippen LogP contribution < -0.4 is 9.04 Å². The largest absolute Gasteiger partial charge is 0.483 e. The maximum Gasteiger partial charge on any atom is 0.278 e. The van der Waals surface area contributed by atoms with E-state index < -0.39 is 22.5 Å². The van der Waals surface area contributed by atoms with Crippen molar-refractivity contribution in [3.05, 3.63) is 86.8 Å². The number of halogens is 2. The lowest BCUT2D eigenvalue weighted by atomic mass is 10.0. The number of hydrogen-bond acceptors (Lipinski definition) is 4. The quantitative estimate of drug-likeness (QED) is 0.331. The molecule has 0 bridgehead atoms. The molecule has 0 unspecified atom stereocenters. The fourth-order valence-corrected chi connectivity index (χ4v) is 5.34. The zero-order valence-corrected chi connectivity index (χ0v) is 22.0. The van der Waals surface area contributed by atoms with E-state index in [1.807, 2.05) is 25.1 Å². The molecule has 0 N–H and O–H groups in total. The second-order valence-electron chi connectivity index (χ2n) is 8.04. The number of aryl methyl sites for hydroxylation is 2. The van der Waals surface area contributed by atoms with E-state index in [1.165, 1.54) is 24.3 Å². The Hall–Kier alpha value is -2.35. The maximum atomic E-state index is 13.5. The molecule has 0 atom stereocenters. The summed E-state index contributed by atoms with van der Waals surface area (Å²) in [5.41, 5.74) is 2.87. The zero-order chi connectivity index (χ0) is 24.3. The van der Waals surface area contributed by atoms with Crippen molar-refractivity contribution in [3.8, 4) is 5.75 Å². The molecular weight excluding hydrogens is 526 g/mol.